The molecule has 1 saturated heterocycles. The summed E-state index contributed by atoms with van der Waals surface area (Å²) in [5, 5.41) is 4.93. The van der Waals surface area contributed by atoms with E-state index in [0.717, 1.165) is 28.9 Å². The van der Waals surface area contributed by atoms with Crippen molar-refractivity contribution >= 4 is 39.1 Å². The van der Waals surface area contributed by atoms with Crippen LogP contribution >= 0.6 is 22.9 Å². The fourth-order valence-corrected chi connectivity index (χ4v) is 4.99. The number of nitrogens with zero attached hydrogens (tertiary/aromatic N) is 1. The quantitative estimate of drug-likeness (QED) is 0.592. The van der Waals surface area contributed by atoms with E-state index >= 15 is 0 Å². The number of fused-ring (bicyclic) bond motifs is 1. The Bertz CT molecular complexity index is 933. The molecule has 3 aromatic rings. The van der Waals surface area contributed by atoms with E-state index in [1.807, 2.05) is 42.5 Å². The number of halogens is 1. The van der Waals surface area contributed by atoms with Crippen LogP contribution in [-0.4, -0.2) is 30.6 Å². The Morgan fingerprint density at radius 2 is 2.00 bits per heavy atom. The number of aromatic nitrogens is 1. The molecule has 1 amide bonds. The third-order valence-corrected chi connectivity index (χ3v) is 6.68. The summed E-state index contributed by atoms with van der Waals surface area (Å²) in [4.78, 5) is 17.8. The van der Waals surface area contributed by atoms with Gasteiger partial charge < -0.3 is 10.1 Å². The van der Waals surface area contributed by atoms with Crippen LogP contribution in [0, 0.1) is 0 Å². The summed E-state index contributed by atoms with van der Waals surface area (Å²) in [6, 6.07) is 15.8. The molecule has 0 radical (unpaired) electrons. The molecule has 4 rings (SSSR count). The number of rotatable bonds is 6. The summed E-state index contributed by atoms with van der Waals surface area (Å²) in [6.07, 6.45) is 3.09. The Balaban J connectivity index is 1.39. The normalized spacial score (nSPS) is 16.2. The smallest absolute Gasteiger partial charge is 0.230 e. The summed E-state index contributed by atoms with van der Waals surface area (Å²) in [5.41, 5.74) is 1.47. The Morgan fingerprint density at radius 3 is 2.79 bits per heavy atom. The lowest BCUT2D eigenvalue weighted by molar-refractivity contribution is -0.130. The lowest BCUT2D eigenvalue weighted by Gasteiger charge is -2.36. The molecule has 2 heterocycles. The molecule has 2 aromatic carbocycles. The molecule has 1 aromatic heterocycles. The molecule has 1 fully saturated rings. The maximum absolute atomic E-state index is 13.2. The van der Waals surface area contributed by atoms with Crippen LogP contribution in [0.5, 0.6) is 0 Å². The van der Waals surface area contributed by atoms with Crippen LogP contribution in [-0.2, 0) is 21.4 Å². The van der Waals surface area contributed by atoms with Crippen molar-refractivity contribution in [3.8, 4) is 0 Å². The second kappa shape index (κ2) is 8.60. The Labute approximate surface area is 173 Å². The predicted molar refractivity (Wildman–Crippen MR) is 114 cm³/mol. The molecule has 0 atom stereocenters. The second-order valence-corrected chi connectivity index (χ2v) is 8.69. The number of hydrogen-bond donors (Lipinski definition) is 1. The van der Waals surface area contributed by atoms with Gasteiger partial charge in [-0.05, 0) is 49.1 Å². The fourth-order valence-electron chi connectivity index (χ4n) is 3.79. The molecule has 146 valence electrons. The molecular formula is C22H23ClN2O2S. The number of hydrogen-bond acceptors (Lipinski definition) is 4. The minimum Gasteiger partial charge on any atom is -0.381 e. The Kier molecular flexibility index (Phi) is 5.95. The first-order chi connectivity index (χ1) is 13.7. The first kappa shape index (κ1) is 19.4. The first-order valence-electron chi connectivity index (χ1n) is 9.64. The van der Waals surface area contributed by atoms with E-state index in [9.17, 15) is 4.79 Å². The SMILES string of the molecule is O=C(NCCCc1nc2ccccc2s1)C1(c2cccc(Cl)c2)CCOCC1. The molecule has 1 aliphatic heterocycles. The Morgan fingerprint density at radius 1 is 1.18 bits per heavy atom. The number of aryl methyl sites for hydroxylation is 1. The van der Waals surface area contributed by atoms with E-state index in [-0.39, 0.29) is 5.91 Å². The largest absolute Gasteiger partial charge is 0.381 e. The van der Waals surface area contributed by atoms with Gasteiger partial charge in [-0.3, -0.25) is 4.79 Å². The van der Waals surface area contributed by atoms with Gasteiger partial charge in [0.2, 0.25) is 5.91 Å². The highest BCUT2D eigenvalue weighted by atomic mass is 35.5. The molecular weight excluding hydrogens is 392 g/mol. The van der Waals surface area contributed by atoms with Crippen molar-refractivity contribution in [3.63, 3.8) is 0 Å². The van der Waals surface area contributed by atoms with Crippen molar-refractivity contribution in [3.05, 3.63) is 64.1 Å². The molecule has 1 aliphatic rings. The zero-order chi connectivity index (χ0) is 19.4. The predicted octanol–water partition coefficient (Wildman–Crippen LogP) is 4.75. The van der Waals surface area contributed by atoms with Crippen molar-refractivity contribution in [2.45, 2.75) is 31.1 Å². The van der Waals surface area contributed by atoms with E-state index < -0.39 is 5.41 Å². The van der Waals surface area contributed by atoms with Gasteiger partial charge in [0.25, 0.3) is 0 Å². The van der Waals surface area contributed by atoms with E-state index in [4.69, 9.17) is 16.3 Å². The molecule has 0 aliphatic carbocycles. The monoisotopic (exact) mass is 414 g/mol. The number of carbonyl (C=O) groups is 1. The molecule has 0 bridgehead atoms. The number of carbonyl (C=O) groups excluding carboxylic acids is 1. The van der Waals surface area contributed by atoms with E-state index in [1.165, 1.54) is 4.70 Å². The number of ether oxygens (including phenoxy) is 1. The highest BCUT2D eigenvalue weighted by molar-refractivity contribution is 7.18. The van der Waals surface area contributed by atoms with Gasteiger partial charge in [-0.15, -0.1) is 11.3 Å². The number of amides is 1. The maximum atomic E-state index is 13.2. The van der Waals surface area contributed by atoms with E-state index in [2.05, 4.69) is 16.4 Å². The zero-order valence-corrected chi connectivity index (χ0v) is 17.2. The van der Waals surface area contributed by atoms with Gasteiger partial charge in [-0.25, -0.2) is 4.98 Å². The first-order valence-corrected chi connectivity index (χ1v) is 10.8. The van der Waals surface area contributed by atoms with Crippen LogP contribution < -0.4 is 5.32 Å². The third kappa shape index (κ3) is 4.07. The number of benzene rings is 2. The number of nitrogens with one attached hydrogen (secondary N) is 1. The van der Waals surface area contributed by atoms with Crippen molar-refractivity contribution in [2.75, 3.05) is 19.8 Å². The molecule has 0 saturated carbocycles. The van der Waals surface area contributed by atoms with Gasteiger partial charge in [0.15, 0.2) is 0 Å². The number of para-hydroxylation sites is 1. The van der Waals surface area contributed by atoms with Gasteiger partial charge >= 0.3 is 0 Å². The van der Waals surface area contributed by atoms with Crippen molar-refractivity contribution in [1.29, 1.82) is 0 Å². The van der Waals surface area contributed by atoms with Crippen molar-refractivity contribution < 1.29 is 9.53 Å². The molecule has 28 heavy (non-hydrogen) atoms. The molecule has 0 unspecified atom stereocenters. The summed E-state index contributed by atoms with van der Waals surface area (Å²) >= 11 is 7.92. The van der Waals surface area contributed by atoms with Gasteiger partial charge in [0, 0.05) is 31.2 Å². The average Bonchev–Trinajstić information content (AvgIpc) is 3.14. The van der Waals surface area contributed by atoms with Gasteiger partial charge in [-0.2, -0.15) is 0 Å². The minimum atomic E-state index is -0.557. The second-order valence-electron chi connectivity index (χ2n) is 7.14. The van der Waals surface area contributed by atoms with Crippen LogP contribution in [0.15, 0.2) is 48.5 Å². The van der Waals surface area contributed by atoms with E-state index in [0.29, 0.717) is 37.6 Å². The van der Waals surface area contributed by atoms with Gasteiger partial charge in [0.1, 0.15) is 0 Å². The van der Waals surface area contributed by atoms with Crippen molar-refractivity contribution in [1.82, 2.24) is 10.3 Å². The van der Waals surface area contributed by atoms with Crippen molar-refractivity contribution in [2.24, 2.45) is 0 Å². The lowest BCUT2D eigenvalue weighted by Crippen LogP contribution is -2.48. The average molecular weight is 415 g/mol. The summed E-state index contributed by atoms with van der Waals surface area (Å²) in [6.45, 7) is 1.81. The third-order valence-electron chi connectivity index (χ3n) is 5.35. The van der Waals surface area contributed by atoms with Crippen LogP contribution in [0.3, 0.4) is 0 Å². The lowest BCUT2D eigenvalue weighted by atomic mass is 9.73. The zero-order valence-electron chi connectivity index (χ0n) is 15.6. The fraction of sp³-hybridized carbons (Fsp3) is 0.364. The highest BCUT2D eigenvalue weighted by Crippen LogP contribution is 2.36. The molecule has 0 spiro atoms. The minimum absolute atomic E-state index is 0.0716. The van der Waals surface area contributed by atoms with Crippen LogP contribution in [0.2, 0.25) is 5.02 Å². The Hall–Kier alpha value is -1.95. The van der Waals surface area contributed by atoms with Gasteiger partial charge in [-0.1, -0.05) is 35.9 Å². The standard InChI is InChI=1S/C22H23ClN2O2S/c23-17-6-3-5-16(15-17)22(10-13-27-14-11-22)21(26)24-12-4-9-20-25-18-7-1-2-8-19(18)28-20/h1-3,5-8,15H,4,9-14H2,(H,24,26). The van der Waals surface area contributed by atoms with Crippen LogP contribution in [0.4, 0.5) is 0 Å². The maximum Gasteiger partial charge on any atom is 0.230 e. The molecule has 4 nitrogen and oxygen atoms in total. The summed E-state index contributed by atoms with van der Waals surface area (Å²) < 4.78 is 6.73. The van der Waals surface area contributed by atoms with E-state index in [1.54, 1.807) is 11.3 Å². The summed E-state index contributed by atoms with van der Waals surface area (Å²) in [5.74, 6) is 0.0716. The molecule has 6 heteroatoms. The van der Waals surface area contributed by atoms with Crippen LogP contribution in [0.1, 0.15) is 29.8 Å². The summed E-state index contributed by atoms with van der Waals surface area (Å²) in [7, 11) is 0. The number of thiazole rings is 1. The van der Waals surface area contributed by atoms with Gasteiger partial charge in [0.05, 0.1) is 20.6 Å². The molecule has 1 N–H and O–H groups in total. The highest BCUT2D eigenvalue weighted by Gasteiger charge is 2.41. The topological polar surface area (TPSA) is 51.2 Å². The van der Waals surface area contributed by atoms with Crippen LogP contribution in [0.25, 0.3) is 10.2 Å².